The molecule has 26 heavy (non-hydrogen) atoms. The van der Waals surface area contributed by atoms with Gasteiger partial charge in [0.1, 0.15) is 12.4 Å². The fourth-order valence-corrected chi connectivity index (χ4v) is 2.67. The predicted molar refractivity (Wildman–Crippen MR) is 104 cm³/mol. The van der Waals surface area contributed by atoms with Crippen LogP contribution in [-0.2, 0) is 22.7 Å². The highest BCUT2D eigenvalue weighted by atomic mass is 35.5. The smallest absolute Gasteiger partial charge is 0.222 e. The van der Waals surface area contributed by atoms with Gasteiger partial charge in [0.05, 0.1) is 19.1 Å². The maximum absolute atomic E-state index is 12.0. The molecule has 0 saturated carbocycles. The van der Waals surface area contributed by atoms with Crippen LogP contribution in [-0.4, -0.2) is 31.7 Å². The first-order chi connectivity index (χ1) is 12.3. The van der Waals surface area contributed by atoms with Crippen molar-refractivity contribution in [2.75, 3.05) is 19.7 Å². The third-order valence-corrected chi connectivity index (χ3v) is 4.08. The number of hydrogen-bond acceptors (Lipinski definition) is 4. The number of rotatable bonds is 7. The van der Waals surface area contributed by atoms with Crippen LogP contribution >= 0.6 is 12.4 Å². The molecule has 2 aromatic carbocycles. The summed E-state index contributed by atoms with van der Waals surface area (Å²) in [6, 6.07) is 17.9. The molecule has 2 aromatic rings. The Labute approximate surface area is 160 Å². The van der Waals surface area contributed by atoms with Crippen LogP contribution in [0.3, 0.4) is 0 Å². The van der Waals surface area contributed by atoms with Gasteiger partial charge in [-0.1, -0.05) is 42.5 Å². The molecule has 0 bridgehead atoms. The molecule has 0 aromatic heterocycles. The van der Waals surface area contributed by atoms with Gasteiger partial charge < -0.3 is 20.1 Å². The van der Waals surface area contributed by atoms with Crippen molar-refractivity contribution in [3.05, 3.63) is 65.7 Å². The number of carbonyl (C=O) groups excluding carboxylic acids is 1. The fraction of sp³-hybridized carbons (Fsp3) is 0.350. The summed E-state index contributed by atoms with van der Waals surface area (Å²) in [7, 11) is 0. The summed E-state index contributed by atoms with van der Waals surface area (Å²) in [6.45, 7) is 3.32. The van der Waals surface area contributed by atoms with Crippen LogP contribution in [0.4, 0.5) is 0 Å². The van der Waals surface area contributed by atoms with Gasteiger partial charge in [-0.05, 0) is 23.3 Å². The fourth-order valence-electron chi connectivity index (χ4n) is 2.67. The molecule has 0 aliphatic carbocycles. The third kappa shape index (κ3) is 6.67. The zero-order valence-electron chi connectivity index (χ0n) is 14.6. The molecular weight excluding hydrogens is 352 g/mol. The molecule has 1 unspecified atom stereocenters. The third-order valence-electron chi connectivity index (χ3n) is 4.08. The standard InChI is InChI=1S/C20H24N2O3.ClH/c23-20(12-19-14-21-10-11-24-19)22-13-16-6-8-18(9-7-16)25-15-17-4-2-1-3-5-17;/h1-9,19,21H,10-15H2,(H,22,23);1H. The van der Waals surface area contributed by atoms with E-state index < -0.39 is 0 Å². The van der Waals surface area contributed by atoms with E-state index in [-0.39, 0.29) is 24.4 Å². The summed E-state index contributed by atoms with van der Waals surface area (Å²) in [5.41, 5.74) is 2.18. The Balaban J connectivity index is 0.00000243. The monoisotopic (exact) mass is 376 g/mol. The lowest BCUT2D eigenvalue weighted by atomic mass is 10.2. The van der Waals surface area contributed by atoms with Crippen LogP contribution in [0, 0.1) is 0 Å². The van der Waals surface area contributed by atoms with Gasteiger partial charge in [-0.25, -0.2) is 0 Å². The van der Waals surface area contributed by atoms with Crippen molar-refractivity contribution in [2.45, 2.75) is 25.7 Å². The molecule has 1 atom stereocenters. The average Bonchev–Trinajstić information content (AvgIpc) is 2.67. The lowest BCUT2D eigenvalue weighted by Gasteiger charge is -2.23. The first-order valence-electron chi connectivity index (χ1n) is 8.64. The minimum Gasteiger partial charge on any atom is -0.489 e. The van der Waals surface area contributed by atoms with Gasteiger partial charge >= 0.3 is 0 Å². The molecule has 5 nitrogen and oxygen atoms in total. The number of morpholine rings is 1. The average molecular weight is 377 g/mol. The van der Waals surface area contributed by atoms with Crippen LogP contribution in [0.5, 0.6) is 5.75 Å². The number of amides is 1. The normalized spacial score (nSPS) is 16.4. The van der Waals surface area contributed by atoms with E-state index in [1.165, 1.54) is 0 Å². The Morgan fingerprint density at radius 1 is 1.12 bits per heavy atom. The summed E-state index contributed by atoms with van der Waals surface area (Å²) < 4.78 is 11.3. The zero-order valence-corrected chi connectivity index (χ0v) is 15.5. The number of hydrogen-bond donors (Lipinski definition) is 2. The van der Waals surface area contributed by atoms with E-state index in [2.05, 4.69) is 10.6 Å². The molecule has 1 heterocycles. The van der Waals surface area contributed by atoms with Crippen LogP contribution in [0.2, 0.25) is 0 Å². The SMILES string of the molecule is Cl.O=C(CC1CNCCO1)NCc1ccc(OCc2ccccc2)cc1. The maximum Gasteiger partial charge on any atom is 0.222 e. The number of carbonyl (C=O) groups is 1. The van der Waals surface area contributed by atoms with Crippen molar-refractivity contribution in [2.24, 2.45) is 0 Å². The second kappa shape index (κ2) is 10.8. The van der Waals surface area contributed by atoms with Crippen molar-refractivity contribution < 1.29 is 14.3 Å². The Bertz CT molecular complexity index is 659. The Morgan fingerprint density at radius 3 is 2.58 bits per heavy atom. The maximum atomic E-state index is 12.0. The Kier molecular flexibility index (Phi) is 8.41. The highest BCUT2D eigenvalue weighted by Crippen LogP contribution is 2.14. The summed E-state index contributed by atoms with van der Waals surface area (Å²) in [5, 5.41) is 6.16. The quantitative estimate of drug-likeness (QED) is 0.780. The first-order valence-corrected chi connectivity index (χ1v) is 8.64. The van der Waals surface area contributed by atoms with Crippen molar-refractivity contribution in [1.82, 2.24) is 10.6 Å². The van der Waals surface area contributed by atoms with Gasteiger partial charge in [0.2, 0.25) is 5.91 Å². The van der Waals surface area contributed by atoms with Gasteiger partial charge in [0.25, 0.3) is 0 Å². The molecule has 6 heteroatoms. The Morgan fingerprint density at radius 2 is 1.88 bits per heavy atom. The minimum atomic E-state index is -0.0255. The molecule has 2 N–H and O–H groups in total. The highest BCUT2D eigenvalue weighted by molar-refractivity contribution is 5.85. The first kappa shape index (κ1) is 20.2. The summed E-state index contributed by atoms with van der Waals surface area (Å²) in [6.07, 6.45) is 0.369. The lowest BCUT2D eigenvalue weighted by Crippen LogP contribution is -2.41. The van der Waals surface area contributed by atoms with Gasteiger partial charge in [-0.3, -0.25) is 4.79 Å². The lowest BCUT2D eigenvalue weighted by molar-refractivity contribution is -0.124. The van der Waals surface area contributed by atoms with E-state index in [1.807, 2.05) is 54.6 Å². The van der Waals surface area contributed by atoms with E-state index in [9.17, 15) is 4.79 Å². The van der Waals surface area contributed by atoms with E-state index in [1.54, 1.807) is 0 Å². The summed E-state index contributed by atoms with van der Waals surface area (Å²) >= 11 is 0. The van der Waals surface area contributed by atoms with Crippen LogP contribution in [0.25, 0.3) is 0 Å². The highest BCUT2D eigenvalue weighted by Gasteiger charge is 2.16. The number of benzene rings is 2. The van der Waals surface area contributed by atoms with Gasteiger partial charge in [0.15, 0.2) is 0 Å². The molecular formula is C20H25ClN2O3. The van der Waals surface area contributed by atoms with E-state index in [0.29, 0.717) is 26.2 Å². The molecule has 1 aliphatic heterocycles. The molecule has 3 rings (SSSR count). The molecule has 1 saturated heterocycles. The van der Waals surface area contributed by atoms with Crippen molar-refractivity contribution in [3.8, 4) is 5.75 Å². The minimum absolute atomic E-state index is 0. The topological polar surface area (TPSA) is 59.6 Å². The largest absolute Gasteiger partial charge is 0.489 e. The molecule has 1 fully saturated rings. The molecule has 1 aliphatic rings. The molecule has 140 valence electrons. The van der Waals surface area contributed by atoms with Gasteiger partial charge in [-0.15, -0.1) is 12.4 Å². The predicted octanol–water partition coefficient (Wildman–Crippen LogP) is 2.68. The summed E-state index contributed by atoms with van der Waals surface area (Å²) in [5.74, 6) is 0.832. The number of halogens is 1. The number of nitrogens with one attached hydrogen (secondary N) is 2. The van der Waals surface area contributed by atoms with Crippen molar-refractivity contribution in [3.63, 3.8) is 0 Å². The van der Waals surface area contributed by atoms with Crippen LogP contribution < -0.4 is 15.4 Å². The van der Waals surface area contributed by atoms with Crippen molar-refractivity contribution in [1.29, 1.82) is 0 Å². The number of ether oxygens (including phenoxy) is 2. The van der Waals surface area contributed by atoms with Gasteiger partial charge in [-0.2, -0.15) is 0 Å². The van der Waals surface area contributed by atoms with Gasteiger partial charge in [0, 0.05) is 19.6 Å². The van der Waals surface area contributed by atoms with Crippen LogP contribution in [0.1, 0.15) is 17.5 Å². The van der Waals surface area contributed by atoms with E-state index in [4.69, 9.17) is 9.47 Å². The van der Waals surface area contributed by atoms with Crippen molar-refractivity contribution >= 4 is 18.3 Å². The zero-order chi connectivity index (χ0) is 17.3. The molecule has 0 radical (unpaired) electrons. The molecule has 1 amide bonds. The summed E-state index contributed by atoms with van der Waals surface area (Å²) in [4.78, 5) is 12.0. The second-order valence-electron chi connectivity index (χ2n) is 6.10. The Hall–Kier alpha value is -2.08. The van der Waals surface area contributed by atoms with E-state index >= 15 is 0 Å². The molecule has 0 spiro atoms. The second-order valence-corrected chi connectivity index (χ2v) is 6.10. The van der Waals surface area contributed by atoms with E-state index in [0.717, 1.165) is 30.0 Å². The van der Waals surface area contributed by atoms with Crippen LogP contribution in [0.15, 0.2) is 54.6 Å².